The van der Waals surface area contributed by atoms with Gasteiger partial charge in [0, 0.05) is 0 Å². The van der Waals surface area contributed by atoms with E-state index in [1.165, 1.54) is 0 Å². The molecule has 0 nitrogen and oxygen atoms in total. The molecule has 0 spiro atoms. The van der Waals surface area contributed by atoms with Gasteiger partial charge in [-0.1, -0.05) is 0 Å². The van der Waals surface area contributed by atoms with Crippen molar-refractivity contribution in [3.8, 4) is 0 Å². The molecule has 0 bridgehead atoms. The molecule has 0 amide bonds. The first kappa shape index (κ1) is 3.48. The predicted octanol–water partition coefficient (Wildman–Crippen LogP) is 1.36. The third-order valence-corrected chi connectivity index (χ3v) is 22.6. The Morgan fingerprint density at radius 2 is 2.00 bits per heavy atom. The number of rotatable bonds is 0. The van der Waals surface area contributed by atoms with Crippen molar-refractivity contribution in [1.29, 1.82) is 0 Å². The molecule has 3 fully saturated rings. The molecule has 0 atom stereocenters. The monoisotopic (exact) mass is 151 g/mol. The van der Waals surface area contributed by atoms with Crippen LogP contribution in [0.15, 0.2) is 0 Å². The van der Waals surface area contributed by atoms with Crippen LogP contribution in [-0.4, -0.2) is 9.27 Å². The summed E-state index contributed by atoms with van der Waals surface area (Å²) < 4.78 is 0.743. The van der Waals surface area contributed by atoms with E-state index in [4.69, 9.17) is 6.53 Å². The molecule has 6 heavy (non-hydrogen) atoms. The van der Waals surface area contributed by atoms with Crippen LogP contribution in [0.5, 0.6) is 0 Å². The molecule has 3 aliphatic heterocycles. The van der Waals surface area contributed by atoms with Crippen molar-refractivity contribution in [2.24, 2.45) is 0 Å². The van der Waals surface area contributed by atoms with E-state index >= 15 is 0 Å². The number of hydrogen-bond donors (Lipinski definition) is 0. The molecule has 0 aromatic heterocycles. The van der Waals surface area contributed by atoms with Gasteiger partial charge in [0.15, 0.2) is 0 Å². The van der Waals surface area contributed by atoms with Crippen LogP contribution in [0.3, 0.4) is 0 Å². The molecule has 32 valence electrons. The van der Waals surface area contributed by atoms with Gasteiger partial charge in [0.2, 0.25) is 0 Å². The maximum atomic E-state index is 5.61. The van der Waals surface area contributed by atoms with Crippen molar-refractivity contribution in [3.05, 3.63) is 0 Å². The summed E-state index contributed by atoms with van der Waals surface area (Å²) in [5.41, 5.74) is 0. The van der Waals surface area contributed by atoms with Crippen molar-refractivity contribution in [2.75, 3.05) is 0 Å². The van der Waals surface area contributed by atoms with Gasteiger partial charge in [-0.3, -0.25) is 0 Å². The summed E-state index contributed by atoms with van der Waals surface area (Å²) in [6.07, 6.45) is 0. The summed E-state index contributed by atoms with van der Waals surface area (Å²) in [5, 5.41) is 0. The second-order valence-electron chi connectivity index (χ2n) is 1.42. The molecule has 0 aromatic carbocycles. The van der Waals surface area contributed by atoms with Gasteiger partial charge in [-0.05, 0) is 0 Å². The van der Waals surface area contributed by atoms with E-state index in [1.807, 2.05) is 0 Å². The maximum absolute atomic E-state index is 5.61. The Hall–Kier alpha value is 1.46. The van der Waals surface area contributed by atoms with Crippen molar-refractivity contribution < 1.29 is 0 Å². The van der Waals surface area contributed by atoms with Crippen LogP contribution in [-0.2, 0) is 9.16 Å². The molecular weight excluding hydrogens is 151 g/mol. The molecule has 0 aliphatic carbocycles. The van der Waals surface area contributed by atoms with Crippen LogP contribution in [0, 0.1) is 0 Å². The van der Waals surface area contributed by atoms with Crippen LogP contribution < -0.4 is 0 Å². The van der Waals surface area contributed by atoms with E-state index in [-0.39, 0.29) is 7.12 Å². The molecule has 0 unspecified atom stereocenters. The van der Waals surface area contributed by atoms with E-state index < -0.39 is 0 Å². The Balaban J connectivity index is 2.55. The van der Waals surface area contributed by atoms with Gasteiger partial charge in [0.1, 0.15) is 0 Å². The second-order valence-corrected chi connectivity index (χ2v) is 15.7. The van der Waals surface area contributed by atoms with Gasteiger partial charge < -0.3 is 0 Å². The first-order valence-corrected chi connectivity index (χ1v) is 7.66. The standard InChI is InChI=1S/CBS4/c2-5-1-3-6(1,5)4-1/q-1. The van der Waals surface area contributed by atoms with Gasteiger partial charge in [0.25, 0.3) is 0 Å². The minimum atomic E-state index is -0.0440. The van der Waals surface area contributed by atoms with Gasteiger partial charge in [-0.15, -0.1) is 0 Å². The minimum absolute atomic E-state index is 0.0440. The zero-order valence-electron chi connectivity index (χ0n) is 2.71. The van der Waals surface area contributed by atoms with Crippen LogP contribution in [0.1, 0.15) is 0 Å². The summed E-state index contributed by atoms with van der Waals surface area (Å²) in [7, 11) is 4.70. The van der Waals surface area contributed by atoms with E-state index in [1.54, 1.807) is 0 Å². The van der Waals surface area contributed by atoms with Crippen LogP contribution in [0.25, 0.3) is 0 Å². The fraction of sp³-hybridized carbons (Fsp3) is 1.00. The van der Waals surface area contributed by atoms with Gasteiger partial charge in [-0.2, -0.15) is 0 Å². The van der Waals surface area contributed by atoms with Crippen LogP contribution in [0.2, 0.25) is 0 Å². The topological polar surface area (TPSA) is 0 Å². The summed E-state index contributed by atoms with van der Waals surface area (Å²) in [6.45, 7) is 5.61. The summed E-state index contributed by atoms with van der Waals surface area (Å²) >= 11 is 0. The summed E-state index contributed by atoms with van der Waals surface area (Å²) in [5.74, 6) is 0. The Labute approximate surface area is 47.2 Å². The molecule has 0 saturated carbocycles. The van der Waals surface area contributed by atoms with Crippen molar-refractivity contribution in [1.82, 2.24) is 0 Å². The van der Waals surface area contributed by atoms with Crippen molar-refractivity contribution in [2.45, 2.75) is 2.74 Å². The van der Waals surface area contributed by atoms with E-state index in [0.29, 0.717) is 9.16 Å². The molecule has 3 rings (SSSR count). The SMILES string of the molecule is B#[S-]1C23SS12S3. The van der Waals surface area contributed by atoms with E-state index in [9.17, 15) is 0 Å². The van der Waals surface area contributed by atoms with E-state index in [2.05, 4.69) is 21.6 Å². The third-order valence-electron chi connectivity index (χ3n) is 1.13. The quantitative estimate of drug-likeness (QED) is 0.222. The molecular formula is CBS4-. The van der Waals surface area contributed by atoms with Gasteiger partial charge in [-0.25, -0.2) is 0 Å². The van der Waals surface area contributed by atoms with Gasteiger partial charge >= 0.3 is 47.1 Å². The Kier molecular flexibility index (Phi) is 0.329. The Bertz CT molecular complexity index is 185. The van der Waals surface area contributed by atoms with Crippen molar-refractivity contribution in [3.63, 3.8) is 0 Å². The second kappa shape index (κ2) is 0.566. The van der Waals surface area contributed by atoms with Crippen LogP contribution in [0.4, 0.5) is 0 Å². The first-order chi connectivity index (χ1) is 2.82. The Morgan fingerprint density at radius 3 is 2.00 bits per heavy atom. The zero-order valence-corrected chi connectivity index (χ0v) is 5.98. The Morgan fingerprint density at radius 1 is 1.67 bits per heavy atom. The summed E-state index contributed by atoms with van der Waals surface area (Å²) in [6, 6.07) is 0. The number of hydrogen-bond acceptors (Lipinski definition) is 3. The molecule has 3 heterocycles. The van der Waals surface area contributed by atoms with Crippen LogP contribution >= 0.6 is 28.7 Å². The molecule has 0 aromatic rings. The average molecular weight is 151 g/mol. The molecule has 0 radical (unpaired) electrons. The first-order valence-electron chi connectivity index (χ1n) is 1.55. The molecule has 5 heteroatoms. The van der Waals surface area contributed by atoms with Crippen molar-refractivity contribution >= 4 is 44.4 Å². The van der Waals surface area contributed by atoms with Gasteiger partial charge in [0.05, 0.1) is 0 Å². The average Bonchev–Trinajstić information content (AvgIpc) is 2.12. The fourth-order valence-electron chi connectivity index (χ4n) is 0.548. The molecule has 3 aliphatic rings. The predicted molar refractivity (Wildman–Crippen MR) is 38.6 cm³/mol. The molecule has 0 N–H and O–H groups in total. The zero-order chi connectivity index (χ0) is 3.99. The normalized spacial score (nSPS) is 92.3. The van der Waals surface area contributed by atoms with E-state index in [0.717, 1.165) is 2.74 Å². The molecule has 3 saturated heterocycles. The summed E-state index contributed by atoms with van der Waals surface area (Å²) in [4.78, 5) is 0. The fourth-order valence-corrected chi connectivity index (χ4v) is 23.8. The third kappa shape index (κ3) is 0.134.